The van der Waals surface area contributed by atoms with Crippen LogP contribution in [-0.2, 0) is 13.1 Å². The van der Waals surface area contributed by atoms with Gasteiger partial charge in [0.1, 0.15) is 11.6 Å². The monoisotopic (exact) mass is 441 g/mol. The number of aromatic nitrogens is 4. The molecule has 162 valence electrons. The third-order valence-electron chi connectivity index (χ3n) is 5.62. The van der Waals surface area contributed by atoms with Crippen LogP contribution in [0.4, 0.5) is 0 Å². The summed E-state index contributed by atoms with van der Waals surface area (Å²) in [6, 6.07) is 23.1. The van der Waals surface area contributed by atoms with E-state index in [2.05, 4.69) is 71.2 Å². The summed E-state index contributed by atoms with van der Waals surface area (Å²) in [5.41, 5.74) is 6.83. The van der Waals surface area contributed by atoms with Gasteiger partial charge in [-0.05, 0) is 49.7 Å². The first-order valence-electron chi connectivity index (χ1n) is 10.9. The highest BCUT2D eigenvalue weighted by Crippen LogP contribution is 2.24. The van der Waals surface area contributed by atoms with Gasteiger partial charge in [-0.25, -0.2) is 9.97 Å². The molecule has 2 aromatic heterocycles. The van der Waals surface area contributed by atoms with Crippen LogP contribution in [0.15, 0.2) is 71.6 Å². The van der Waals surface area contributed by atoms with Gasteiger partial charge in [0, 0.05) is 17.2 Å². The van der Waals surface area contributed by atoms with E-state index in [4.69, 9.17) is 9.97 Å². The number of hydrogen-bond donors (Lipinski definition) is 2. The van der Waals surface area contributed by atoms with E-state index in [9.17, 15) is 0 Å². The molecule has 0 saturated carbocycles. The van der Waals surface area contributed by atoms with E-state index in [1.54, 1.807) is 0 Å². The van der Waals surface area contributed by atoms with Gasteiger partial charge in [-0.2, -0.15) is 0 Å². The zero-order valence-corrected chi connectivity index (χ0v) is 19.2. The Bertz CT molecular complexity index is 1210. The number of fused-ring (bicyclic) bond motifs is 2. The Balaban J connectivity index is 1.33. The second-order valence-corrected chi connectivity index (χ2v) is 9.37. The smallest absolute Gasteiger partial charge is 0.121 e. The van der Waals surface area contributed by atoms with Crippen LogP contribution < -0.4 is 0 Å². The number of aryl methyl sites for hydroxylation is 2. The van der Waals surface area contributed by atoms with Gasteiger partial charge in [0.15, 0.2) is 0 Å². The fraction of sp³-hybridized carbons (Fsp3) is 0.231. The van der Waals surface area contributed by atoms with Crippen LogP contribution in [-0.4, -0.2) is 37.1 Å². The lowest BCUT2D eigenvalue weighted by atomic mass is 10.2. The van der Waals surface area contributed by atoms with Crippen LogP contribution in [0, 0.1) is 13.8 Å². The topological polar surface area (TPSA) is 60.6 Å². The summed E-state index contributed by atoms with van der Waals surface area (Å²) in [5, 5.41) is 0. The molecular weight excluding hydrogens is 414 g/mol. The van der Waals surface area contributed by atoms with Crippen molar-refractivity contribution < 1.29 is 0 Å². The normalized spacial score (nSPS) is 11.7. The van der Waals surface area contributed by atoms with Crippen molar-refractivity contribution in [3.63, 3.8) is 0 Å². The van der Waals surface area contributed by atoms with Crippen LogP contribution in [0.25, 0.3) is 22.1 Å². The van der Waals surface area contributed by atoms with Crippen LogP contribution in [0.5, 0.6) is 0 Å². The highest BCUT2D eigenvalue weighted by molar-refractivity contribution is 7.99. The molecule has 0 aliphatic heterocycles. The van der Waals surface area contributed by atoms with Crippen molar-refractivity contribution in [2.24, 2.45) is 0 Å². The SMILES string of the molecule is Cc1ccc(SCCN(Cc2nc3ccccc3[nH]2)Cc2nc3ccccc3[nH]2)c(C)c1. The predicted molar refractivity (Wildman–Crippen MR) is 133 cm³/mol. The van der Waals surface area contributed by atoms with Crippen molar-refractivity contribution in [1.82, 2.24) is 24.8 Å². The van der Waals surface area contributed by atoms with Crippen molar-refractivity contribution in [2.75, 3.05) is 12.3 Å². The Labute approximate surface area is 192 Å². The molecule has 0 saturated heterocycles. The quantitative estimate of drug-likeness (QED) is 0.297. The van der Waals surface area contributed by atoms with E-state index >= 15 is 0 Å². The van der Waals surface area contributed by atoms with E-state index in [1.165, 1.54) is 16.0 Å². The van der Waals surface area contributed by atoms with Crippen molar-refractivity contribution in [1.29, 1.82) is 0 Å². The Morgan fingerprint density at radius 1 is 0.781 bits per heavy atom. The summed E-state index contributed by atoms with van der Waals surface area (Å²) in [4.78, 5) is 20.3. The lowest BCUT2D eigenvalue weighted by Crippen LogP contribution is -2.26. The largest absolute Gasteiger partial charge is 0.341 e. The standard InChI is InChI=1S/C26H27N5S/c1-18-11-12-24(19(2)15-18)32-14-13-31(16-25-27-20-7-3-4-8-21(20)28-25)17-26-29-22-9-5-6-10-23(22)30-26/h3-12,15H,13-14,16-17H2,1-2H3,(H,27,28)(H,29,30). The number of nitrogens with zero attached hydrogens (tertiary/aromatic N) is 3. The molecule has 32 heavy (non-hydrogen) atoms. The van der Waals surface area contributed by atoms with E-state index in [0.29, 0.717) is 0 Å². The molecule has 0 aliphatic rings. The maximum absolute atomic E-state index is 4.79. The molecule has 0 spiro atoms. The third-order valence-corrected chi connectivity index (χ3v) is 6.77. The fourth-order valence-electron chi connectivity index (χ4n) is 4.04. The van der Waals surface area contributed by atoms with Gasteiger partial charge >= 0.3 is 0 Å². The van der Waals surface area contributed by atoms with Crippen molar-refractivity contribution in [3.8, 4) is 0 Å². The predicted octanol–water partition coefficient (Wildman–Crippen LogP) is 5.85. The molecule has 0 unspecified atom stereocenters. The molecule has 3 aromatic carbocycles. The van der Waals surface area contributed by atoms with E-state index in [1.807, 2.05) is 36.0 Å². The summed E-state index contributed by atoms with van der Waals surface area (Å²) in [7, 11) is 0. The molecule has 6 heteroatoms. The molecule has 0 amide bonds. The van der Waals surface area contributed by atoms with Crippen molar-refractivity contribution >= 4 is 33.8 Å². The second kappa shape index (κ2) is 9.18. The summed E-state index contributed by atoms with van der Waals surface area (Å²) < 4.78 is 0. The zero-order valence-electron chi connectivity index (χ0n) is 18.4. The Kier molecular flexibility index (Phi) is 5.97. The number of imidazole rings is 2. The molecule has 0 bridgehead atoms. The Morgan fingerprint density at radius 3 is 1.94 bits per heavy atom. The molecule has 0 fully saturated rings. The Morgan fingerprint density at radius 2 is 1.38 bits per heavy atom. The minimum absolute atomic E-state index is 0.749. The van der Waals surface area contributed by atoms with Crippen LogP contribution in [0.2, 0.25) is 0 Å². The average molecular weight is 442 g/mol. The minimum Gasteiger partial charge on any atom is -0.341 e. The molecule has 2 N–H and O–H groups in total. The first-order valence-corrected chi connectivity index (χ1v) is 11.9. The summed E-state index contributed by atoms with van der Waals surface area (Å²) in [5.74, 6) is 2.97. The van der Waals surface area contributed by atoms with Gasteiger partial charge in [-0.15, -0.1) is 11.8 Å². The van der Waals surface area contributed by atoms with E-state index in [-0.39, 0.29) is 0 Å². The zero-order chi connectivity index (χ0) is 21.9. The Hall–Kier alpha value is -3.09. The molecule has 0 radical (unpaired) electrons. The van der Waals surface area contributed by atoms with E-state index in [0.717, 1.165) is 59.1 Å². The highest BCUT2D eigenvalue weighted by Gasteiger charge is 2.13. The average Bonchev–Trinajstić information content (AvgIpc) is 3.37. The number of rotatable bonds is 8. The van der Waals surface area contributed by atoms with Crippen LogP contribution in [0.1, 0.15) is 22.8 Å². The van der Waals surface area contributed by atoms with Gasteiger partial charge in [0.05, 0.1) is 35.2 Å². The first kappa shape index (κ1) is 20.8. The maximum atomic E-state index is 4.79. The van der Waals surface area contributed by atoms with Crippen LogP contribution >= 0.6 is 11.8 Å². The number of para-hydroxylation sites is 4. The molecule has 5 rings (SSSR count). The van der Waals surface area contributed by atoms with Crippen molar-refractivity contribution in [2.45, 2.75) is 31.8 Å². The molecule has 0 aliphatic carbocycles. The number of nitrogens with one attached hydrogen (secondary N) is 2. The molecule has 5 nitrogen and oxygen atoms in total. The number of aromatic amines is 2. The lowest BCUT2D eigenvalue weighted by molar-refractivity contribution is 0.262. The minimum atomic E-state index is 0.749. The lowest BCUT2D eigenvalue weighted by Gasteiger charge is -2.20. The van der Waals surface area contributed by atoms with Gasteiger partial charge in [-0.1, -0.05) is 42.0 Å². The van der Waals surface area contributed by atoms with Crippen LogP contribution in [0.3, 0.4) is 0 Å². The summed E-state index contributed by atoms with van der Waals surface area (Å²) in [6.07, 6.45) is 0. The van der Waals surface area contributed by atoms with E-state index < -0.39 is 0 Å². The third kappa shape index (κ3) is 4.71. The van der Waals surface area contributed by atoms with Gasteiger partial charge in [0.2, 0.25) is 0 Å². The number of benzene rings is 3. The van der Waals surface area contributed by atoms with Gasteiger partial charge in [-0.3, -0.25) is 4.90 Å². The molecule has 2 heterocycles. The van der Waals surface area contributed by atoms with Gasteiger partial charge < -0.3 is 9.97 Å². The first-order chi connectivity index (χ1) is 15.6. The number of hydrogen-bond acceptors (Lipinski definition) is 4. The highest BCUT2D eigenvalue weighted by atomic mass is 32.2. The van der Waals surface area contributed by atoms with Crippen molar-refractivity contribution in [3.05, 3.63) is 89.5 Å². The molecular formula is C26H27N5S. The summed E-state index contributed by atoms with van der Waals surface area (Å²) >= 11 is 1.91. The fourth-order valence-corrected chi connectivity index (χ4v) is 5.06. The second-order valence-electron chi connectivity index (χ2n) is 8.23. The van der Waals surface area contributed by atoms with Gasteiger partial charge in [0.25, 0.3) is 0 Å². The number of thioether (sulfide) groups is 1. The maximum Gasteiger partial charge on any atom is 0.121 e. The summed E-state index contributed by atoms with van der Waals surface area (Å²) in [6.45, 7) is 6.77. The molecule has 5 aromatic rings. The molecule has 0 atom stereocenters. The number of H-pyrrole nitrogens is 2.